The van der Waals surface area contributed by atoms with Crippen LogP contribution < -0.4 is 0 Å². The number of aromatic amines is 1. The summed E-state index contributed by atoms with van der Waals surface area (Å²) in [5.74, 6) is 0. The Morgan fingerprint density at radius 1 is 1.10 bits per heavy atom. The Morgan fingerprint density at radius 2 is 1.87 bits per heavy atom. The van der Waals surface area contributed by atoms with Crippen molar-refractivity contribution in [2.24, 2.45) is 5.41 Å². The highest BCUT2D eigenvalue weighted by Gasteiger charge is 2.44. The summed E-state index contributed by atoms with van der Waals surface area (Å²) in [5.41, 5.74) is 6.30. The van der Waals surface area contributed by atoms with Crippen molar-refractivity contribution >= 4 is 6.08 Å². The van der Waals surface area contributed by atoms with Crippen LogP contribution in [0.2, 0.25) is 0 Å². The molecule has 0 saturated heterocycles. The summed E-state index contributed by atoms with van der Waals surface area (Å²) in [6.07, 6.45) is 11.9. The van der Waals surface area contributed by atoms with E-state index in [2.05, 4.69) is 54.2 Å². The predicted octanol–water partition coefficient (Wildman–Crippen LogP) is 5.93. The monoisotopic (exact) mass is 417 g/mol. The predicted molar refractivity (Wildman–Crippen MR) is 128 cm³/mol. The van der Waals surface area contributed by atoms with Gasteiger partial charge in [0.1, 0.15) is 0 Å². The fraction of sp³-hybridized carbons (Fsp3) is 0.407. The summed E-state index contributed by atoms with van der Waals surface area (Å²) in [7, 11) is 0. The zero-order valence-electron chi connectivity index (χ0n) is 19.0. The topological polar surface area (TPSA) is 61.8 Å². The van der Waals surface area contributed by atoms with Crippen molar-refractivity contribution < 1.29 is 5.11 Å². The lowest BCUT2D eigenvalue weighted by Crippen LogP contribution is -2.42. The molecule has 2 aromatic heterocycles. The van der Waals surface area contributed by atoms with Crippen molar-refractivity contribution in [1.82, 2.24) is 15.2 Å². The number of aryl methyl sites for hydroxylation is 2. The highest BCUT2D eigenvalue weighted by atomic mass is 16.3. The van der Waals surface area contributed by atoms with Crippen molar-refractivity contribution in [3.05, 3.63) is 89.0 Å². The quantitative estimate of drug-likeness (QED) is 0.543. The van der Waals surface area contributed by atoms with Crippen LogP contribution in [0.25, 0.3) is 6.08 Å². The summed E-state index contributed by atoms with van der Waals surface area (Å²) in [6, 6.07) is 16.2. The number of nitrogens with zero attached hydrogens (tertiary/aromatic N) is 2. The molecule has 2 N–H and O–H groups in total. The van der Waals surface area contributed by atoms with Crippen LogP contribution in [0, 0.1) is 12.3 Å². The average Bonchev–Trinajstić information content (AvgIpc) is 3.27. The first-order valence-electron chi connectivity index (χ1n) is 11.4. The van der Waals surface area contributed by atoms with E-state index in [4.69, 9.17) is 0 Å². The molecule has 4 heteroatoms. The standard InChI is InChI=1S/C13H18N2O.C7H9N.C7H8/c1-2-13-7-9-8-14-15-11(9)6-10(13)4-3-5-12(13)16;1-2-7-5-3-4-6-8-7;1-7-5-3-2-4-6-7/h6,8,12,16H,2-5,7H2,1H3,(H,14,15);3-6H,2H2,1H3;2-6H,1H3/t12?,13-;;/m0../s1. The summed E-state index contributed by atoms with van der Waals surface area (Å²) in [5, 5.41) is 17.5. The number of hydrogen-bond donors (Lipinski definition) is 2. The molecule has 0 bridgehead atoms. The molecule has 2 aliphatic carbocycles. The van der Waals surface area contributed by atoms with Crippen molar-refractivity contribution in [2.45, 2.75) is 65.4 Å². The number of fused-ring (bicyclic) bond motifs is 2. The molecule has 1 aromatic carbocycles. The van der Waals surface area contributed by atoms with Crippen LogP contribution in [-0.4, -0.2) is 26.4 Å². The maximum atomic E-state index is 10.3. The smallest absolute Gasteiger partial charge is 0.0636 e. The van der Waals surface area contributed by atoms with Gasteiger partial charge in [-0.2, -0.15) is 5.10 Å². The molecular weight excluding hydrogens is 382 g/mol. The lowest BCUT2D eigenvalue weighted by Gasteiger charge is -2.45. The molecule has 1 fully saturated rings. The number of hydrogen-bond acceptors (Lipinski definition) is 3. The number of pyridine rings is 1. The van der Waals surface area contributed by atoms with Gasteiger partial charge in [-0.3, -0.25) is 10.1 Å². The molecule has 0 radical (unpaired) electrons. The van der Waals surface area contributed by atoms with E-state index in [1.54, 1.807) is 0 Å². The van der Waals surface area contributed by atoms with Gasteiger partial charge in [-0.25, -0.2) is 0 Å². The van der Waals surface area contributed by atoms with E-state index in [1.807, 2.05) is 48.8 Å². The third kappa shape index (κ3) is 5.71. The molecule has 4 nitrogen and oxygen atoms in total. The highest BCUT2D eigenvalue weighted by molar-refractivity contribution is 5.58. The second-order valence-corrected chi connectivity index (χ2v) is 8.40. The number of rotatable bonds is 2. The van der Waals surface area contributed by atoms with Gasteiger partial charge in [0.15, 0.2) is 0 Å². The van der Waals surface area contributed by atoms with Crippen molar-refractivity contribution in [1.29, 1.82) is 0 Å². The zero-order chi connectivity index (χ0) is 22.1. The van der Waals surface area contributed by atoms with Gasteiger partial charge in [-0.15, -0.1) is 0 Å². The van der Waals surface area contributed by atoms with E-state index < -0.39 is 0 Å². The van der Waals surface area contributed by atoms with Crippen LogP contribution in [0.5, 0.6) is 0 Å². The number of benzene rings is 1. The number of aromatic nitrogens is 3. The van der Waals surface area contributed by atoms with E-state index in [9.17, 15) is 5.11 Å². The van der Waals surface area contributed by atoms with Crippen LogP contribution in [-0.2, 0) is 12.8 Å². The molecule has 164 valence electrons. The number of nitrogens with one attached hydrogen (secondary N) is 1. The molecule has 0 amide bonds. The molecule has 3 aromatic rings. The Kier molecular flexibility index (Phi) is 8.19. The Morgan fingerprint density at radius 3 is 2.45 bits per heavy atom. The largest absolute Gasteiger partial charge is 0.392 e. The Bertz CT molecular complexity index is 949. The first-order chi connectivity index (χ1) is 15.1. The molecule has 0 aliphatic heterocycles. The van der Waals surface area contributed by atoms with E-state index in [0.717, 1.165) is 49.9 Å². The first-order valence-corrected chi connectivity index (χ1v) is 11.4. The minimum atomic E-state index is -0.180. The van der Waals surface area contributed by atoms with Crippen LogP contribution in [0.3, 0.4) is 0 Å². The molecule has 2 aliphatic rings. The van der Waals surface area contributed by atoms with E-state index >= 15 is 0 Å². The fourth-order valence-electron chi connectivity index (χ4n) is 4.50. The van der Waals surface area contributed by atoms with Crippen LogP contribution >= 0.6 is 0 Å². The maximum Gasteiger partial charge on any atom is 0.0636 e. The number of aliphatic hydroxyl groups excluding tert-OH is 1. The zero-order valence-corrected chi connectivity index (χ0v) is 19.0. The Balaban J connectivity index is 0.000000152. The van der Waals surface area contributed by atoms with Gasteiger partial charge in [-0.05, 0) is 69.2 Å². The van der Waals surface area contributed by atoms with Gasteiger partial charge >= 0.3 is 0 Å². The van der Waals surface area contributed by atoms with Crippen molar-refractivity contribution in [3.63, 3.8) is 0 Å². The lowest BCUT2D eigenvalue weighted by atomic mass is 9.61. The van der Waals surface area contributed by atoms with Gasteiger partial charge in [0, 0.05) is 17.3 Å². The van der Waals surface area contributed by atoms with Gasteiger partial charge in [-0.1, -0.05) is 61.4 Å². The van der Waals surface area contributed by atoms with Gasteiger partial charge in [0.2, 0.25) is 0 Å². The molecular formula is C27H35N3O. The third-order valence-electron chi connectivity index (χ3n) is 6.44. The minimum absolute atomic E-state index is 0.00484. The summed E-state index contributed by atoms with van der Waals surface area (Å²) >= 11 is 0. The Hall–Kier alpha value is -2.72. The molecule has 0 spiro atoms. The molecule has 2 heterocycles. The van der Waals surface area contributed by atoms with Crippen LogP contribution in [0.1, 0.15) is 62.0 Å². The summed E-state index contributed by atoms with van der Waals surface area (Å²) < 4.78 is 0. The van der Waals surface area contributed by atoms with Gasteiger partial charge < -0.3 is 5.11 Å². The normalized spacial score (nSPS) is 21.3. The second-order valence-electron chi connectivity index (χ2n) is 8.40. The van der Waals surface area contributed by atoms with E-state index in [0.29, 0.717) is 0 Å². The van der Waals surface area contributed by atoms with Crippen molar-refractivity contribution in [2.75, 3.05) is 0 Å². The minimum Gasteiger partial charge on any atom is -0.392 e. The number of aliphatic hydroxyl groups is 1. The summed E-state index contributed by atoms with van der Waals surface area (Å²) in [6.45, 7) is 6.37. The van der Waals surface area contributed by atoms with E-state index in [-0.39, 0.29) is 11.5 Å². The maximum absolute atomic E-state index is 10.3. The Labute approximate surface area is 186 Å². The summed E-state index contributed by atoms with van der Waals surface area (Å²) in [4.78, 5) is 4.10. The molecule has 1 saturated carbocycles. The second kappa shape index (κ2) is 11.1. The molecule has 5 rings (SSSR count). The molecule has 1 unspecified atom stereocenters. The highest BCUT2D eigenvalue weighted by Crippen LogP contribution is 2.49. The van der Waals surface area contributed by atoms with Crippen LogP contribution in [0.15, 0.2) is 66.5 Å². The van der Waals surface area contributed by atoms with Gasteiger partial charge in [0.05, 0.1) is 18.0 Å². The lowest BCUT2D eigenvalue weighted by molar-refractivity contribution is 0.0216. The van der Waals surface area contributed by atoms with Gasteiger partial charge in [0.25, 0.3) is 0 Å². The SMILES string of the molecule is CC[C@]12Cc3cn[nH]c3C=C1CCCC2O.CCc1ccccn1.Cc1ccccc1. The average molecular weight is 418 g/mol. The molecule has 31 heavy (non-hydrogen) atoms. The number of H-pyrrole nitrogens is 1. The van der Waals surface area contributed by atoms with E-state index in [1.165, 1.54) is 16.7 Å². The third-order valence-corrected chi connectivity index (χ3v) is 6.44. The van der Waals surface area contributed by atoms with Crippen molar-refractivity contribution in [3.8, 4) is 0 Å². The molecule has 2 atom stereocenters. The van der Waals surface area contributed by atoms with Crippen LogP contribution in [0.4, 0.5) is 0 Å². The first kappa shape index (κ1) is 23.0. The fourth-order valence-corrected chi connectivity index (χ4v) is 4.50.